The number of esters is 1. The zero-order chi connectivity index (χ0) is 23.3. The Bertz CT molecular complexity index is 911. The number of ether oxygens (including phenoxy) is 3. The van der Waals surface area contributed by atoms with Gasteiger partial charge in [0.1, 0.15) is 11.2 Å². The van der Waals surface area contributed by atoms with Crippen LogP contribution in [0.3, 0.4) is 0 Å². The molecule has 1 aliphatic carbocycles. The van der Waals surface area contributed by atoms with Crippen LogP contribution in [0.1, 0.15) is 30.2 Å². The van der Waals surface area contributed by atoms with Crippen molar-refractivity contribution in [1.29, 1.82) is 0 Å². The van der Waals surface area contributed by atoms with Gasteiger partial charge >= 0.3 is 5.97 Å². The second-order valence-electron chi connectivity index (χ2n) is 8.72. The molecule has 1 saturated heterocycles. The van der Waals surface area contributed by atoms with Crippen molar-refractivity contribution in [2.75, 3.05) is 52.8 Å². The highest BCUT2D eigenvalue weighted by atomic mass is 35.5. The van der Waals surface area contributed by atoms with Crippen molar-refractivity contribution in [2.45, 2.75) is 30.6 Å². The maximum atomic E-state index is 13.7. The van der Waals surface area contributed by atoms with E-state index in [1.165, 1.54) is 0 Å². The molecule has 0 aromatic heterocycles. The molecule has 6 nitrogen and oxygen atoms in total. The van der Waals surface area contributed by atoms with Gasteiger partial charge < -0.3 is 19.1 Å². The smallest absolute Gasteiger partial charge is 0.321 e. The van der Waals surface area contributed by atoms with Gasteiger partial charge in [-0.15, -0.1) is 36.4 Å². The van der Waals surface area contributed by atoms with Crippen LogP contribution in [-0.4, -0.2) is 74.7 Å². The number of piperazine rings is 1. The number of carbonyl (C=O) groups is 1. The van der Waals surface area contributed by atoms with Gasteiger partial charge in [-0.3, -0.25) is 9.69 Å². The molecule has 4 rings (SSSR count). The fourth-order valence-electron chi connectivity index (χ4n) is 4.73. The molecule has 0 radical (unpaired) electrons. The molecule has 0 N–H and O–H groups in total. The minimum Gasteiger partial charge on any atom is -0.497 e. The fourth-order valence-corrected chi connectivity index (χ4v) is 4.84. The summed E-state index contributed by atoms with van der Waals surface area (Å²) in [6.07, 6.45) is 0.980. The maximum Gasteiger partial charge on any atom is 0.321 e. The van der Waals surface area contributed by atoms with Gasteiger partial charge in [-0.2, -0.15) is 0 Å². The van der Waals surface area contributed by atoms with Gasteiger partial charge in [-0.1, -0.05) is 42.5 Å². The molecular weight excluding hydrogens is 511 g/mol. The van der Waals surface area contributed by atoms with E-state index in [2.05, 4.69) is 9.80 Å². The SMILES string of the molecule is COc1ccc([C@@]2(C(=O)OC(c3ccccc3)N3CCN(CCCCl)CC3)C[C@@H]2OC)cc1.Cl.Cl. The minimum atomic E-state index is -0.782. The lowest BCUT2D eigenvalue weighted by Crippen LogP contribution is -2.49. The maximum absolute atomic E-state index is 13.7. The van der Waals surface area contributed by atoms with Crippen molar-refractivity contribution in [1.82, 2.24) is 9.80 Å². The highest BCUT2D eigenvalue weighted by molar-refractivity contribution is 6.17. The molecular formula is C26H35Cl3N2O4. The first-order valence-corrected chi connectivity index (χ1v) is 12.1. The second-order valence-corrected chi connectivity index (χ2v) is 9.09. The molecule has 1 aliphatic heterocycles. The molecule has 9 heteroatoms. The van der Waals surface area contributed by atoms with Crippen LogP contribution < -0.4 is 4.74 Å². The Morgan fingerprint density at radius 2 is 1.69 bits per heavy atom. The Hall–Kier alpha value is -1.54. The van der Waals surface area contributed by atoms with E-state index in [9.17, 15) is 4.79 Å². The first-order chi connectivity index (χ1) is 16.1. The number of methoxy groups -OCH3 is 2. The third-order valence-electron chi connectivity index (χ3n) is 6.80. The molecule has 2 aliphatic rings. The summed E-state index contributed by atoms with van der Waals surface area (Å²) in [5.41, 5.74) is 1.10. The molecule has 35 heavy (non-hydrogen) atoms. The zero-order valence-corrected chi connectivity index (χ0v) is 22.6. The summed E-state index contributed by atoms with van der Waals surface area (Å²) in [6.45, 7) is 4.53. The van der Waals surface area contributed by atoms with E-state index < -0.39 is 11.6 Å². The first kappa shape index (κ1) is 29.7. The summed E-state index contributed by atoms with van der Waals surface area (Å²) in [5.74, 6) is 1.20. The summed E-state index contributed by atoms with van der Waals surface area (Å²) in [6, 6.07) is 17.6. The number of hydrogen-bond donors (Lipinski definition) is 0. The largest absolute Gasteiger partial charge is 0.497 e. The van der Waals surface area contributed by atoms with E-state index in [0.717, 1.165) is 56.0 Å². The van der Waals surface area contributed by atoms with Crippen LogP contribution in [0, 0.1) is 0 Å². The third kappa shape index (κ3) is 6.62. The van der Waals surface area contributed by atoms with E-state index in [-0.39, 0.29) is 36.9 Å². The Morgan fingerprint density at radius 1 is 1.03 bits per heavy atom. The highest BCUT2D eigenvalue weighted by Crippen LogP contribution is 2.52. The monoisotopic (exact) mass is 544 g/mol. The number of nitrogens with zero attached hydrogens (tertiary/aromatic N) is 2. The van der Waals surface area contributed by atoms with E-state index in [1.54, 1.807) is 14.2 Å². The van der Waals surface area contributed by atoms with Gasteiger partial charge in [0.2, 0.25) is 0 Å². The summed E-state index contributed by atoms with van der Waals surface area (Å²) in [5, 5.41) is 0. The van der Waals surface area contributed by atoms with Crippen molar-refractivity contribution in [2.24, 2.45) is 0 Å². The molecule has 2 aromatic rings. The van der Waals surface area contributed by atoms with Gasteiger partial charge in [-0.05, 0) is 37.1 Å². The number of carbonyl (C=O) groups excluding carboxylic acids is 1. The van der Waals surface area contributed by atoms with Crippen molar-refractivity contribution >= 4 is 42.4 Å². The average Bonchev–Trinajstić information content (AvgIpc) is 3.63. The molecule has 3 atom stereocenters. The topological polar surface area (TPSA) is 51.2 Å². The van der Waals surface area contributed by atoms with E-state index in [0.29, 0.717) is 12.3 Å². The Labute approximate surface area is 225 Å². The van der Waals surface area contributed by atoms with Crippen LogP contribution in [0.25, 0.3) is 0 Å². The standard InChI is InChI=1S/C26H33ClN2O4.2ClH/c1-31-22-11-9-21(10-12-22)26(19-23(26)32-2)25(30)33-24(20-7-4-3-5-8-20)29-17-15-28(16-18-29)14-6-13-27;;/h3-5,7-12,23-24H,6,13-19H2,1-2H3;2*1H/t23-,24?,26-;;/m0../s1. The summed E-state index contributed by atoms with van der Waals surface area (Å²) < 4.78 is 17.2. The molecule has 1 heterocycles. The lowest BCUT2D eigenvalue weighted by molar-refractivity contribution is -0.166. The predicted molar refractivity (Wildman–Crippen MR) is 143 cm³/mol. The molecule has 1 saturated carbocycles. The lowest BCUT2D eigenvalue weighted by Gasteiger charge is -2.39. The number of hydrogen-bond acceptors (Lipinski definition) is 6. The highest BCUT2D eigenvalue weighted by Gasteiger charge is 2.64. The summed E-state index contributed by atoms with van der Waals surface area (Å²) >= 11 is 5.87. The lowest BCUT2D eigenvalue weighted by atomic mass is 9.95. The summed E-state index contributed by atoms with van der Waals surface area (Å²) in [4.78, 5) is 18.4. The van der Waals surface area contributed by atoms with Crippen molar-refractivity contribution in [3.05, 3.63) is 65.7 Å². The molecule has 1 unspecified atom stereocenters. The van der Waals surface area contributed by atoms with Crippen molar-refractivity contribution in [3.63, 3.8) is 0 Å². The van der Waals surface area contributed by atoms with Crippen LogP contribution in [0.4, 0.5) is 0 Å². The quantitative estimate of drug-likeness (QED) is 0.319. The van der Waals surface area contributed by atoms with Crippen LogP contribution >= 0.6 is 36.4 Å². The van der Waals surface area contributed by atoms with E-state index in [1.807, 2.05) is 54.6 Å². The Kier molecular flexibility index (Phi) is 11.6. The van der Waals surface area contributed by atoms with Gasteiger partial charge in [0, 0.05) is 44.7 Å². The van der Waals surface area contributed by atoms with Gasteiger partial charge in [0.05, 0.1) is 13.2 Å². The number of halogens is 3. The van der Waals surface area contributed by atoms with Gasteiger partial charge in [0.25, 0.3) is 0 Å². The number of benzene rings is 2. The van der Waals surface area contributed by atoms with E-state index >= 15 is 0 Å². The second kappa shape index (κ2) is 13.7. The van der Waals surface area contributed by atoms with Crippen molar-refractivity contribution in [3.8, 4) is 5.75 Å². The average molecular weight is 546 g/mol. The van der Waals surface area contributed by atoms with Crippen LogP contribution in [-0.2, 0) is 19.7 Å². The summed E-state index contributed by atoms with van der Waals surface area (Å²) in [7, 11) is 3.28. The van der Waals surface area contributed by atoms with Crippen LogP contribution in [0.15, 0.2) is 54.6 Å². The Balaban J connectivity index is 0.00000216. The number of alkyl halides is 1. The van der Waals surface area contributed by atoms with Crippen LogP contribution in [0.2, 0.25) is 0 Å². The molecule has 2 fully saturated rings. The van der Waals surface area contributed by atoms with Crippen molar-refractivity contribution < 1.29 is 19.0 Å². The first-order valence-electron chi connectivity index (χ1n) is 11.6. The Morgan fingerprint density at radius 3 is 2.23 bits per heavy atom. The molecule has 0 bridgehead atoms. The minimum absolute atomic E-state index is 0. The molecule has 0 spiro atoms. The van der Waals surface area contributed by atoms with Gasteiger partial charge in [-0.25, -0.2) is 0 Å². The predicted octanol–water partition coefficient (Wildman–Crippen LogP) is 4.68. The molecule has 2 aromatic carbocycles. The zero-order valence-electron chi connectivity index (χ0n) is 20.2. The van der Waals surface area contributed by atoms with E-state index in [4.69, 9.17) is 25.8 Å². The molecule has 194 valence electrons. The molecule has 0 amide bonds. The third-order valence-corrected chi connectivity index (χ3v) is 7.07. The normalized spacial score (nSPS) is 22.9. The number of rotatable bonds is 10. The van der Waals surface area contributed by atoms with Crippen LogP contribution in [0.5, 0.6) is 5.75 Å². The fraction of sp³-hybridized carbons (Fsp3) is 0.500. The van der Waals surface area contributed by atoms with Gasteiger partial charge in [0.15, 0.2) is 6.23 Å².